The van der Waals surface area contributed by atoms with Crippen molar-refractivity contribution in [2.75, 3.05) is 19.6 Å². The molecule has 0 aliphatic carbocycles. The summed E-state index contributed by atoms with van der Waals surface area (Å²) in [6.45, 7) is 4.32. The van der Waals surface area contributed by atoms with E-state index in [0.717, 1.165) is 45.3 Å². The second kappa shape index (κ2) is 19.3. The highest BCUT2D eigenvalue weighted by Gasteiger charge is 2.11. The van der Waals surface area contributed by atoms with Crippen molar-refractivity contribution < 1.29 is 9.53 Å². The van der Waals surface area contributed by atoms with Gasteiger partial charge in [-0.05, 0) is 38.8 Å². The second-order valence-corrected chi connectivity index (χ2v) is 7.42. The van der Waals surface area contributed by atoms with Crippen LogP contribution in [-0.4, -0.2) is 43.8 Å². The Balaban J connectivity index is 3.31. The molecule has 0 heterocycles. The summed E-state index contributed by atoms with van der Waals surface area (Å²) in [4.78, 5) is 11.0. The van der Waals surface area contributed by atoms with Crippen LogP contribution in [0.15, 0.2) is 0 Å². The van der Waals surface area contributed by atoms with Crippen LogP contribution in [-0.2, 0) is 9.53 Å². The number of carbonyl (C=O) groups excluding carboxylic acids is 1. The van der Waals surface area contributed by atoms with E-state index in [1.54, 1.807) is 0 Å². The lowest BCUT2D eigenvalue weighted by atomic mass is 10.1. The number of nitrogens with two attached hydrogens (primary N) is 2. The van der Waals surface area contributed by atoms with E-state index in [1.807, 2.05) is 0 Å². The molecule has 0 saturated carbocycles. The number of carbonyl (C=O) groups is 1. The number of esters is 1. The monoisotopic (exact) mass is 413 g/mol. The molecule has 0 aromatic carbocycles. The van der Waals surface area contributed by atoms with Crippen molar-refractivity contribution in [3.8, 4) is 0 Å². The summed E-state index contributed by atoms with van der Waals surface area (Å²) >= 11 is 0. The Labute approximate surface area is 176 Å². The molecule has 0 aromatic heterocycles. The zero-order valence-corrected chi connectivity index (χ0v) is 18.2. The first-order valence-electron chi connectivity index (χ1n) is 11.0. The second-order valence-electron chi connectivity index (χ2n) is 7.42. The summed E-state index contributed by atoms with van der Waals surface area (Å²) in [5.74, 6) is -0.480. The average molecular weight is 414 g/mol. The van der Waals surface area contributed by atoms with Gasteiger partial charge in [0.05, 0.1) is 0 Å². The lowest BCUT2D eigenvalue weighted by Crippen LogP contribution is -2.41. The summed E-state index contributed by atoms with van der Waals surface area (Å²) in [6.07, 6.45) is 13.0. The number of guanidine groups is 2. The van der Waals surface area contributed by atoms with Gasteiger partial charge in [-0.25, -0.2) is 0 Å². The molecule has 0 fully saturated rings. The first kappa shape index (κ1) is 27.0. The van der Waals surface area contributed by atoms with Crippen LogP contribution in [0.5, 0.6) is 0 Å². The lowest BCUT2D eigenvalue weighted by molar-refractivity contribution is -0.147. The summed E-state index contributed by atoms with van der Waals surface area (Å²) in [5, 5.41) is 23.3. The smallest absolute Gasteiger partial charge is 0.304 e. The molecule has 170 valence electrons. The zero-order chi connectivity index (χ0) is 21.7. The summed E-state index contributed by atoms with van der Waals surface area (Å²) in [5.41, 5.74) is 10.5. The average Bonchev–Trinajstić information content (AvgIpc) is 2.62. The highest BCUT2D eigenvalue weighted by molar-refractivity contribution is 5.75. The maximum atomic E-state index is 11.0. The Morgan fingerprint density at radius 2 is 1.28 bits per heavy atom. The van der Waals surface area contributed by atoms with Crippen LogP contribution in [0.3, 0.4) is 0 Å². The summed E-state index contributed by atoms with van der Waals surface area (Å²) < 4.78 is 5.10. The Morgan fingerprint density at radius 3 is 1.76 bits per heavy atom. The van der Waals surface area contributed by atoms with Crippen molar-refractivity contribution in [2.24, 2.45) is 11.5 Å². The van der Waals surface area contributed by atoms with Crippen LogP contribution in [0.25, 0.3) is 0 Å². The molecule has 0 radical (unpaired) electrons. The Kier molecular flexibility index (Phi) is 17.9. The van der Waals surface area contributed by atoms with Gasteiger partial charge in [0.1, 0.15) is 0 Å². The van der Waals surface area contributed by atoms with Crippen LogP contribution in [0, 0.1) is 10.8 Å². The first-order valence-corrected chi connectivity index (χ1v) is 11.0. The summed E-state index contributed by atoms with van der Waals surface area (Å²) in [6, 6.07) is 0. The van der Waals surface area contributed by atoms with Gasteiger partial charge in [-0.3, -0.25) is 15.6 Å². The SMILES string of the molecule is CC(=O)OC(CCCCCCCNCCCCCCCCNC(=N)N)NC(=N)N. The van der Waals surface area contributed by atoms with Gasteiger partial charge in [-0.15, -0.1) is 0 Å². The van der Waals surface area contributed by atoms with E-state index in [1.165, 1.54) is 51.9 Å². The van der Waals surface area contributed by atoms with Gasteiger partial charge >= 0.3 is 5.97 Å². The van der Waals surface area contributed by atoms with Gasteiger partial charge in [-0.1, -0.05) is 44.9 Å². The molecule has 0 saturated heterocycles. The van der Waals surface area contributed by atoms with Crippen LogP contribution in [0.2, 0.25) is 0 Å². The van der Waals surface area contributed by atoms with E-state index < -0.39 is 6.23 Å². The zero-order valence-electron chi connectivity index (χ0n) is 18.2. The van der Waals surface area contributed by atoms with Gasteiger partial charge in [0.25, 0.3) is 0 Å². The molecule has 9 nitrogen and oxygen atoms in total. The third kappa shape index (κ3) is 22.1. The van der Waals surface area contributed by atoms with E-state index >= 15 is 0 Å². The molecule has 0 aliphatic heterocycles. The van der Waals surface area contributed by atoms with Crippen LogP contribution in [0.4, 0.5) is 0 Å². The van der Waals surface area contributed by atoms with Crippen LogP contribution < -0.4 is 27.4 Å². The van der Waals surface area contributed by atoms with Crippen molar-refractivity contribution >= 4 is 17.9 Å². The number of hydrogen-bond donors (Lipinski definition) is 7. The lowest BCUT2D eigenvalue weighted by Gasteiger charge is -2.18. The van der Waals surface area contributed by atoms with Crippen LogP contribution in [0.1, 0.15) is 84.0 Å². The van der Waals surface area contributed by atoms with Crippen molar-refractivity contribution in [3.05, 3.63) is 0 Å². The molecule has 1 atom stereocenters. The van der Waals surface area contributed by atoms with Crippen LogP contribution >= 0.6 is 0 Å². The largest absolute Gasteiger partial charge is 0.442 e. The van der Waals surface area contributed by atoms with E-state index in [-0.39, 0.29) is 17.9 Å². The van der Waals surface area contributed by atoms with E-state index in [9.17, 15) is 4.79 Å². The molecule has 0 aromatic rings. The van der Waals surface area contributed by atoms with Crippen molar-refractivity contribution in [1.82, 2.24) is 16.0 Å². The Morgan fingerprint density at radius 1 is 0.793 bits per heavy atom. The van der Waals surface area contributed by atoms with Gasteiger partial charge in [-0.2, -0.15) is 0 Å². The van der Waals surface area contributed by atoms with Gasteiger partial charge in [0.15, 0.2) is 18.1 Å². The van der Waals surface area contributed by atoms with Crippen molar-refractivity contribution in [3.63, 3.8) is 0 Å². The predicted octanol–water partition coefficient (Wildman–Crippen LogP) is 2.11. The molecular formula is C20H43N7O2. The van der Waals surface area contributed by atoms with Gasteiger partial charge in [0, 0.05) is 19.9 Å². The fourth-order valence-electron chi connectivity index (χ4n) is 3.07. The summed E-state index contributed by atoms with van der Waals surface area (Å²) in [7, 11) is 0. The van der Waals surface area contributed by atoms with Gasteiger partial charge < -0.3 is 32.2 Å². The van der Waals surface area contributed by atoms with Gasteiger partial charge in [0.2, 0.25) is 0 Å². The standard InChI is InChI=1S/C20H43N7O2/c1-17(28)29-18(27-20(23)24)13-9-5-4-7-11-15-25-14-10-6-2-3-8-12-16-26-19(21)22/h18,25H,2-16H2,1H3,(H4,21,22,26)(H4,23,24,27). The van der Waals surface area contributed by atoms with Crippen molar-refractivity contribution in [1.29, 1.82) is 10.8 Å². The highest BCUT2D eigenvalue weighted by Crippen LogP contribution is 2.08. The Hall–Kier alpha value is -2.03. The minimum atomic E-state index is -0.496. The maximum Gasteiger partial charge on any atom is 0.304 e. The molecule has 29 heavy (non-hydrogen) atoms. The topological polar surface area (TPSA) is 162 Å². The molecule has 1 unspecified atom stereocenters. The third-order valence-corrected chi connectivity index (χ3v) is 4.54. The molecule has 9 N–H and O–H groups in total. The molecule has 9 heteroatoms. The van der Waals surface area contributed by atoms with E-state index in [2.05, 4.69) is 16.0 Å². The fourth-order valence-corrected chi connectivity index (χ4v) is 3.07. The highest BCUT2D eigenvalue weighted by atomic mass is 16.6. The number of nitrogens with one attached hydrogen (secondary N) is 5. The molecular weight excluding hydrogens is 370 g/mol. The van der Waals surface area contributed by atoms with E-state index in [4.69, 9.17) is 27.0 Å². The fraction of sp³-hybridized carbons (Fsp3) is 0.850. The molecule has 0 aliphatic rings. The quantitative estimate of drug-likeness (QED) is 0.0560. The predicted molar refractivity (Wildman–Crippen MR) is 119 cm³/mol. The van der Waals surface area contributed by atoms with E-state index in [0.29, 0.717) is 6.42 Å². The molecule has 0 bridgehead atoms. The first-order chi connectivity index (χ1) is 13.9. The Bertz CT molecular complexity index is 431. The minimum absolute atomic E-state index is 0.0611. The molecule has 0 spiro atoms. The number of hydrogen-bond acceptors (Lipinski definition) is 5. The van der Waals surface area contributed by atoms with Crippen molar-refractivity contribution in [2.45, 2.75) is 90.2 Å². The molecule has 0 amide bonds. The minimum Gasteiger partial charge on any atom is -0.442 e. The normalized spacial score (nSPS) is 11.6. The maximum absolute atomic E-state index is 11.0. The molecule has 0 rings (SSSR count). The number of rotatable bonds is 19. The third-order valence-electron chi connectivity index (χ3n) is 4.54. The number of ether oxygens (including phenoxy) is 1. The number of unbranched alkanes of at least 4 members (excludes halogenated alkanes) is 9.